The van der Waals surface area contributed by atoms with E-state index in [4.69, 9.17) is 5.21 Å². The normalized spacial score (nSPS) is 11.4. The zero-order valence-corrected chi connectivity index (χ0v) is 14.9. The fourth-order valence-electron chi connectivity index (χ4n) is 2.86. The molecular formula is C20H20N4O2. The van der Waals surface area contributed by atoms with Crippen molar-refractivity contribution in [1.29, 1.82) is 0 Å². The Labute approximate surface area is 151 Å². The van der Waals surface area contributed by atoms with Crippen LogP contribution >= 0.6 is 0 Å². The monoisotopic (exact) mass is 348 g/mol. The summed E-state index contributed by atoms with van der Waals surface area (Å²) in [6.45, 7) is 3.56. The average Bonchev–Trinajstić information content (AvgIpc) is 3.00. The first-order valence-corrected chi connectivity index (χ1v) is 8.19. The van der Waals surface area contributed by atoms with Gasteiger partial charge in [0.2, 0.25) is 0 Å². The molecule has 6 nitrogen and oxygen atoms in total. The van der Waals surface area contributed by atoms with E-state index in [1.165, 1.54) is 0 Å². The van der Waals surface area contributed by atoms with Crippen molar-refractivity contribution in [3.05, 3.63) is 71.5 Å². The highest BCUT2D eigenvalue weighted by atomic mass is 16.4. The number of aryl methyl sites for hydroxylation is 2. The molecule has 6 heteroatoms. The molecule has 0 saturated heterocycles. The maximum atomic E-state index is 12.4. The highest BCUT2D eigenvalue weighted by molar-refractivity contribution is 6.05. The van der Waals surface area contributed by atoms with Crippen LogP contribution in [0.3, 0.4) is 0 Å². The van der Waals surface area contributed by atoms with Crippen molar-refractivity contribution in [2.45, 2.75) is 13.8 Å². The van der Waals surface area contributed by atoms with Gasteiger partial charge in [-0.3, -0.25) is 9.48 Å². The number of oxime groups is 1. The predicted octanol–water partition coefficient (Wildman–Crippen LogP) is 3.85. The van der Waals surface area contributed by atoms with Gasteiger partial charge in [-0.1, -0.05) is 41.6 Å². The molecule has 0 aliphatic carbocycles. The molecule has 1 heterocycles. The Balaban J connectivity index is 1.84. The van der Waals surface area contributed by atoms with Crippen molar-refractivity contribution in [1.82, 2.24) is 9.78 Å². The molecule has 2 N–H and O–H groups in total. The van der Waals surface area contributed by atoms with Crippen LogP contribution < -0.4 is 5.32 Å². The van der Waals surface area contributed by atoms with Gasteiger partial charge in [0, 0.05) is 24.5 Å². The van der Waals surface area contributed by atoms with Gasteiger partial charge in [-0.15, -0.1) is 0 Å². The summed E-state index contributed by atoms with van der Waals surface area (Å²) in [5.41, 5.74) is 5.28. The van der Waals surface area contributed by atoms with Crippen LogP contribution in [0.25, 0.3) is 11.1 Å². The maximum absolute atomic E-state index is 12.4. The molecule has 0 saturated carbocycles. The van der Waals surface area contributed by atoms with E-state index in [0.717, 1.165) is 16.7 Å². The lowest BCUT2D eigenvalue weighted by Crippen LogP contribution is -2.12. The minimum Gasteiger partial charge on any atom is -0.411 e. The third kappa shape index (κ3) is 3.49. The van der Waals surface area contributed by atoms with Gasteiger partial charge in [-0.05, 0) is 37.1 Å². The van der Waals surface area contributed by atoms with Crippen molar-refractivity contribution < 1.29 is 10.0 Å². The number of carbonyl (C=O) groups is 1. The lowest BCUT2D eigenvalue weighted by molar-refractivity contribution is 0.102. The molecule has 0 unspecified atom stereocenters. The first kappa shape index (κ1) is 17.4. The van der Waals surface area contributed by atoms with Gasteiger partial charge in [0.15, 0.2) is 0 Å². The number of nitrogens with one attached hydrogen (secondary N) is 1. The van der Waals surface area contributed by atoms with E-state index in [9.17, 15) is 4.79 Å². The SMILES string of the molecule is C/C(=N\O)c1ccccc1-c1ccc(NC(=O)c2cn(C)nc2C)cc1. The van der Waals surface area contributed by atoms with Crippen LogP contribution in [0.15, 0.2) is 59.9 Å². The Hall–Kier alpha value is -3.41. The van der Waals surface area contributed by atoms with Crippen LogP contribution in [0.5, 0.6) is 0 Å². The second-order valence-electron chi connectivity index (χ2n) is 6.06. The second kappa shape index (κ2) is 7.23. The fraction of sp³-hybridized carbons (Fsp3) is 0.150. The van der Waals surface area contributed by atoms with Gasteiger partial charge in [-0.2, -0.15) is 5.10 Å². The number of hydrogen-bond acceptors (Lipinski definition) is 4. The molecule has 0 aliphatic heterocycles. The van der Waals surface area contributed by atoms with Crippen molar-refractivity contribution in [2.75, 3.05) is 5.32 Å². The van der Waals surface area contributed by atoms with Crippen LogP contribution in [0.4, 0.5) is 5.69 Å². The summed E-state index contributed by atoms with van der Waals surface area (Å²) in [6, 6.07) is 15.3. The van der Waals surface area contributed by atoms with Gasteiger partial charge in [0.1, 0.15) is 0 Å². The van der Waals surface area contributed by atoms with Crippen molar-refractivity contribution in [2.24, 2.45) is 12.2 Å². The molecule has 1 aromatic heterocycles. The molecule has 0 radical (unpaired) electrons. The number of anilines is 1. The van der Waals surface area contributed by atoms with Crippen LogP contribution in [-0.4, -0.2) is 26.6 Å². The van der Waals surface area contributed by atoms with Gasteiger partial charge in [0.25, 0.3) is 5.91 Å². The third-order valence-corrected chi connectivity index (χ3v) is 4.18. The highest BCUT2D eigenvalue weighted by Crippen LogP contribution is 2.26. The summed E-state index contributed by atoms with van der Waals surface area (Å²) in [5, 5.41) is 19.4. The molecule has 3 rings (SSSR count). The molecule has 0 bridgehead atoms. The molecule has 0 spiro atoms. The molecule has 26 heavy (non-hydrogen) atoms. The first-order valence-electron chi connectivity index (χ1n) is 8.19. The first-order chi connectivity index (χ1) is 12.5. The molecule has 1 amide bonds. The Kier molecular flexibility index (Phi) is 4.84. The Morgan fingerprint density at radius 1 is 1.12 bits per heavy atom. The average molecular weight is 348 g/mol. The summed E-state index contributed by atoms with van der Waals surface area (Å²) >= 11 is 0. The number of nitrogens with zero attached hydrogens (tertiary/aromatic N) is 3. The molecule has 0 fully saturated rings. The van der Waals surface area contributed by atoms with Crippen molar-refractivity contribution in [3.63, 3.8) is 0 Å². The molecule has 0 atom stereocenters. The van der Waals surface area contributed by atoms with Crippen LogP contribution in [0, 0.1) is 6.92 Å². The van der Waals surface area contributed by atoms with E-state index >= 15 is 0 Å². The van der Waals surface area contributed by atoms with Crippen molar-refractivity contribution in [3.8, 4) is 11.1 Å². The molecule has 132 valence electrons. The Morgan fingerprint density at radius 3 is 2.42 bits per heavy atom. The quantitative estimate of drug-likeness (QED) is 0.427. The molecule has 2 aromatic carbocycles. The Morgan fingerprint density at radius 2 is 1.81 bits per heavy atom. The number of benzene rings is 2. The number of rotatable bonds is 4. The zero-order valence-electron chi connectivity index (χ0n) is 14.9. The summed E-state index contributed by atoms with van der Waals surface area (Å²) in [4.78, 5) is 12.4. The summed E-state index contributed by atoms with van der Waals surface area (Å²) < 4.78 is 1.62. The zero-order chi connectivity index (χ0) is 18.7. The second-order valence-corrected chi connectivity index (χ2v) is 6.06. The molecule has 3 aromatic rings. The minimum absolute atomic E-state index is 0.188. The van der Waals surface area contributed by atoms with Crippen molar-refractivity contribution >= 4 is 17.3 Å². The van der Waals surface area contributed by atoms with Crippen LogP contribution in [0.1, 0.15) is 28.5 Å². The predicted molar refractivity (Wildman–Crippen MR) is 102 cm³/mol. The summed E-state index contributed by atoms with van der Waals surface area (Å²) in [7, 11) is 1.79. The van der Waals surface area contributed by atoms with E-state index in [1.807, 2.05) is 48.5 Å². The topological polar surface area (TPSA) is 79.5 Å². The lowest BCUT2D eigenvalue weighted by atomic mass is 9.97. The largest absolute Gasteiger partial charge is 0.411 e. The number of aromatic nitrogens is 2. The number of amides is 1. The maximum Gasteiger partial charge on any atom is 0.259 e. The van der Waals surface area contributed by atoms with E-state index < -0.39 is 0 Å². The molecular weight excluding hydrogens is 328 g/mol. The summed E-state index contributed by atoms with van der Waals surface area (Å²) in [6.07, 6.45) is 1.70. The standard InChI is InChI=1S/C20H20N4O2/c1-13-19(12-24(3)22-13)20(25)21-16-10-8-15(9-11-16)18-7-5-4-6-17(18)14(2)23-26/h4-12,26H,1-3H3,(H,21,25)/b23-14+. The highest BCUT2D eigenvalue weighted by Gasteiger charge is 2.13. The van der Waals surface area contributed by atoms with Gasteiger partial charge in [-0.25, -0.2) is 0 Å². The van der Waals surface area contributed by atoms with Crippen LogP contribution in [-0.2, 0) is 7.05 Å². The van der Waals surface area contributed by atoms with Gasteiger partial charge in [0.05, 0.1) is 17.0 Å². The van der Waals surface area contributed by atoms with E-state index in [-0.39, 0.29) is 5.91 Å². The van der Waals surface area contributed by atoms with Crippen LogP contribution in [0.2, 0.25) is 0 Å². The van der Waals surface area contributed by atoms with E-state index in [0.29, 0.717) is 22.7 Å². The van der Waals surface area contributed by atoms with E-state index in [1.54, 1.807) is 31.8 Å². The van der Waals surface area contributed by atoms with Gasteiger partial charge < -0.3 is 10.5 Å². The van der Waals surface area contributed by atoms with Gasteiger partial charge >= 0.3 is 0 Å². The minimum atomic E-state index is -0.188. The molecule has 0 aliphatic rings. The lowest BCUT2D eigenvalue weighted by Gasteiger charge is -2.10. The number of hydrogen-bond donors (Lipinski definition) is 2. The van der Waals surface area contributed by atoms with E-state index in [2.05, 4.69) is 15.6 Å². The summed E-state index contributed by atoms with van der Waals surface area (Å²) in [5.74, 6) is -0.188. The smallest absolute Gasteiger partial charge is 0.259 e. The Bertz CT molecular complexity index is 972. The number of carbonyl (C=O) groups excluding carboxylic acids is 1. The third-order valence-electron chi connectivity index (χ3n) is 4.18. The fourth-order valence-corrected chi connectivity index (χ4v) is 2.86.